The van der Waals surface area contributed by atoms with E-state index in [0.717, 1.165) is 19.6 Å². The lowest BCUT2D eigenvalue weighted by atomic mass is 9.70. The van der Waals surface area contributed by atoms with Crippen LogP contribution in [0.2, 0.25) is 0 Å². The van der Waals surface area contributed by atoms with Crippen molar-refractivity contribution < 1.29 is 19.4 Å². The zero-order valence-electron chi connectivity index (χ0n) is 22.2. The van der Waals surface area contributed by atoms with Crippen LogP contribution < -0.4 is 10.6 Å². The molecule has 0 aromatic heterocycles. The molecule has 0 aromatic carbocycles. The Hall–Kier alpha value is -1.14. The first-order chi connectivity index (χ1) is 14.2. The summed E-state index contributed by atoms with van der Waals surface area (Å²) in [4.78, 5) is 24.1. The van der Waals surface area contributed by atoms with Crippen LogP contribution in [-0.4, -0.2) is 49.8 Å². The van der Waals surface area contributed by atoms with E-state index in [0.29, 0.717) is 36.8 Å². The molecule has 0 saturated heterocycles. The van der Waals surface area contributed by atoms with Gasteiger partial charge in [0.15, 0.2) is 0 Å². The zero-order valence-corrected chi connectivity index (χ0v) is 22.2. The van der Waals surface area contributed by atoms with Gasteiger partial charge in [-0.1, -0.05) is 69.2 Å². The minimum absolute atomic E-state index is 0.00197. The SMILES string of the molecule is CC(C)C(C)(C(=O)NCCO)C(C)C.CCOCCCNC(=O)C(C)(C(C)C)C(C)C. The number of aliphatic hydroxyl groups is 1. The van der Waals surface area contributed by atoms with Gasteiger partial charge in [-0.3, -0.25) is 9.59 Å². The lowest BCUT2D eigenvalue weighted by Crippen LogP contribution is -2.46. The van der Waals surface area contributed by atoms with Crippen molar-refractivity contribution in [3.63, 3.8) is 0 Å². The van der Waals surface area contributed by atoms with E-state index in [2.05, 4.69) is 72.9 Å². The first-order valence-corrected chi connectivity index (χ1v) is 12.0. The van der Waals surface area contributed by atoms with Crippen LogP contribution in [0.15, 0.2) is 0 Å². The van der Waals surface area contributed by atoms with Crippen LogP contribution in [0.25, 0.3) is 0 Å². The Labute approximate surface area is 192 Å². The molecule has 0 aliphatic heterocycles. The molecule has 3 N–H and O–H groups in total. The monoisotopic (exact) mass is 444 g/mol. The lowest BCUT2D eigenvalue weighted by molar-refractivity contribution is -0.136. The second-order valence-corrected chi connectivity index (χ2v) is 9.97. The summed E-state index contributed by atoms with van der Waals surface area (Å²) in [5.41, 5.74) is -0.638. The van der Waals surface area contributed by atoms with E-state index in [-0.39, 0.29) is 29.3 Å². The number of nitrogens with one attached hydrogen (secondary N) is 2. The van der Waals surface area contributed by atoms with Gasteiger partial charge in [0.1, 0.15) is 0 Å². The summed E-state index contributed by atoms with van der Waals surface area (Å²) in [6, 6.07) is 0. The fourth-order valence-corrected chi connectivity index (χ4v) is 3.45. The maximum absolute atomic E-state index is 12.2. The van der Waals surface area contributed by atoms with Crippen molar-refractivity contribution in [2.24, 2.45) is 34.5 Å². The van der Waals surface area contributed by atoms with Gasteiger partial charge in [-0.25, -0.2) is 0 Å². The highest BCUT2D eigenvalue weighted by molar-refractivity contribution is 5.83. The fourth-order valence-electron chi connectivity index (χ4n) is 3.45. The maximum atomic E-state index is 12.2. The van der Waals surface area contributed by atoms with Gasteiger partial charge in [-0.15, -0.1) is 0 Å². The fraction of sp³-hybridized carbons (Fsp3) is 0.920. The predicted octanol–water partition coefficient (Wildman–Crippen LogP) is 4.26. The van der Waals surface area contributed by atoms with Gasteiger partial charge in [0.25, 0.3) is 0 Å². The summed E-state index contributed by atoms with van der Waals surface area (Å²) >= 11 is 0. The number of aliphatic hydroxyl groups excluding tert-OH is 1. The lowest BCUT2D eigenvalue weighted by Gasteiger charge is -2.36. The van der Waals surface area contributed by atoms with Crippen LogP contribution in [0, 0.1) is 34.5 Å². The second kappa shape index (κ2) is 15.6. The molecule has 0 heterocycles. The van der Waals surface area contributed by atoms with Crippen molar-refractivity contribution in [2.75, 3.05) is 32.9 Å². The highest BCUT2D eigenvalue weighted by Crippen LogP contribution is 2.36. The Balaban J connectivity index is 0. The maximum Gasteiger partial charge on any atom is 0.226 e. The molecule has 31 heavy (non-hydrogen) atoms. The van der Waals surface area contributed by atoms with E-state index in [4.69, 9.17) is 9.84 Å². The van der Waals surface area contributed by atoms with Crippen LogP contribution in [-0.2, 0) is 14.3 Å². The van der Waals surface area contributed by atoms with Crippen molar-refractivity contribution in [1.29, 1.82) is 0 Å². The van der Waals surface area contributed by atoms with E-state index < -0.39 is 0 Å². The summed E-state index contributed by atoms with van der Waals surface area (Å²) in [6.07, 6.45) is 0.881. The zero-order chi connectivity index (χ0) is 24.8. The van der Waals surface area contributed by atoms with Crippen LogP contribution in [0.4, 0.5) is 0 Å². The molecule has 0 radical (unpaired) electrons. The van der Waals surface area contributed by atoms with Crippen molar-refractivity contribution in [2.45, 2.75) is 82.6 Å². The number of ether oxygens (including phenoxy) is 1. The molecule has 0 fully saturated rings. The van der Waals surface area contributed by atoms with Crippen molar-refractivity contribution in [3.05, 3.63) is 0 Å². The molecule has 0 bridgehead atoms. The third-order valence-electron chi connectivity index (χ3n) is 7.13. The Morgan fingerprint density at radius 2 is 1.13 bits per heavy atom. The molecule has 0 spiro atoms. The molecule has 0 unspecified atom stereocenters. The molecule has 6 heteroatoms. The van der Waals surface area contributed by atoms with E-state index in [1.165, 1.54) is 0 Å². The number of hydrogen-bond donors (Lipinski definition) is 3. The molecule has 2 amide bonds. The Bertz CT molecular complexity index is 486. The Morgan fingerprint density at radius 1 is 0.774 bits per heavy atom. The number of carbonyl (C=O) groups is 2. The molecule has 186 valence electrons. The average molecular weight is 445 g/mol. The van der Waals surface area contributed by atoms with Gasteiger partial charge in [-0.05, 0) is 37.0 Å². The Kier molecular flexibility index (Phi) is 16.2. The van der Waals surface area contributed by atoms with Gasteiger partial charge in [0.2, 0.25) is 11.8 Å². The van der Waals surface area contributed by atoms with Crippen LogP contribution in [0.5, 0.6) is 0 Å². The number of carbonyl (C=O) groups excluding carboxylic acids is 2. The number of hydrogen-bond acceptors (Lipinski definition) is 4. The molecular weight excluding hydrogens is 392 g/mol. The highest BCUT2D eigenvalue weighted by Gasteiger charge is 2.40. The highest BCUT2D eigenvalue weighted by atomic mass is 16.5. The third kappa shape index (κ3) is 9.90. The van der Waals surface area contributed by atoms with Crippen LogP contribution in [0.1, 0.15) is 82.6 Å². The molecule has 0 aliphatic rings. The molecule has 0 atom stereocenters. The summed E-state index contributed by atoms with van der Waals surface area (Å²) in [6.45, 7) is 25.2. The third-order valence-corrected chi connectivity index (χ3v) is 7.13. The van der Waals surface area contributed by atoms with Gasteiger partial charge in [0.05, 0.1) is 17.4 Å². The Morgan fingerprint density at radius 3 is 1.42 bits per heavy atom. The van der Waals surface area contributed by atoms with E-state index >= 15 is 0 Å². The normalized spacial score (nSPS) is 12.3. The second-order valence-electron chi connectivity index (χ2n) is 9.97. The molecule has 0 aromatic rings. The minimum atomic E-state index is -0.352. The summed E-state index contributed by atoms with van der Waals surface area (Å²) in [7, 11) is 0. The molecule has 6 nitrogen and oxygen atoms in total. The molecule has 0 rings (SSSR count). The summed E-state index contributed by atoms with van der Waals surface area (Å²) in [5.74, 6) is 1.47. The first kappa shape index (κ1) is 32.0. The van der Waals surface area contributed by atoms with Gasteiger partial charge in [0, 0.05) is 26.3 Å². The smallest absolute Gasteiger partial charge is 0.226 e. The van der Waals surface area contributed by atoms with E-state index in [1.807, 2.05) is 13.8 Å². The van der Waals surface area contributed by atoms with E-state index in [9.17, 15) is 9.59 Å². The summed E-state index contributed by atoms with van der Waals surface area (Å²) < 4.78 is 5.24. The van der Waals surface area contributed by atoms with Gasteiger partial charge >= 0.3 is 0 Å². The average Bonchev–Trinajstić information content (AvgIpc) is 2.69. The van der Waals surface area contributed by atoms with Crippen molar-refractivity contribution in [3.8, 4) is 0 Å². The number of rotatable bonds is 13. The molecule has 0 aliphatic carbocycles. The summed E-state index contributed by atoms with van der Waals surface area (Å²) in [5, 5.41) is 14.4. The predicted molar refractivity (Wildman–Crippen MR) is 130 cm³/mol. The van der Waals surface area contributed by atoms with Crippen molar-refractivity contribution in [1.82, 2.24) is 10.6 Å². The quantitative estimate of drug-likeness (QED) is 0.370. The molecular formula is C25H52N2O4. The van der Waals surface area contributed by atoms with Crippen molar-refractivity contribution >= 4 is 11.8 Å². The first-order valence-electron chi connectivity index (χ1n) is 12.0. The van der Waals surface area contributed by atoms with Gasteiger partial charge < -0.3 is 20.5 Å². The van der Waals surface area contributed by atoms with E-state index in [1.54, 1.807) is 0 Å². The van der Waals surface area contributed by atoms with Gasteiger partial charge in [-0.2, -0.15) is 0 Å². The standard InChI is InChI=1S/C14H29NO2.C11H23NO2/c1-7-17-10-8-9-15-13(16)14(6,11(2)3)12(4)5;1-8(2)11(5,9(3)4)10(14)12-6-7-13/h11-12H,7-10H2,1-6H3,(H,15,16);8-9,13H,6-7H2,1-5H3,(H,12,14). The van der Waals surface area contributed by atoms with Crippen LogP contribution >= 0.6 is 0 Å². The largest absolute Gasteiger partial charge is 0.395 e. The minimum Gasteiger partial charge on any atom is -0.395 e. The van der Waals surface area contributed by atoms with Crippen LogP contribution in [0.3, 0.4) is 0 Å². The number of amides is 2. The molecule has 0 saturated carbocycles. The topological polar surface area (TPSA) is 87.7 Å².